The summed E-state index contributed by atoms with van der Waals surface area (Å²) < 4.78 is 0. The van der Waals surface area contributed by atoms with E-state index in [1.807, 2.05) is 0 Å². The van der Waals surface area contributed by atoms with Crippen LogP contribution in [0.25, 0.3) is 0 Å². The van der Waals surface area contributed by atoms with E-state index in [0.717, 1.165) is 6.04 Å². The molecule has 3 nitrogen and oxygen atoms in total. The Bertz CT molecular complexity index is 465. The van der Waals surface area contributed by atoms with Crippen molar-refractivity contribution in [2.24, 2.45) is 0 Å². The van der Waals surface area contributed by atoms with Crippen LogP contribution in [0.5, 0.6) is 0 Å². The maximum absolute atomic E-state index is 3.59. The second-order valence-corrected chi connectivity index (χ2v) is 6.77. The average molecular weight is 287 g/mol. The fourth-order valence-corrected chi connectivity index (χ4v) is 4.20. The van der Waals surface area contributed by atoms with Gasteiger partial charge in [0.15, 0.2) is 0 Å². The first kappa shape index (κ1) is 15.0. The Morgan fingerprint density at radius 1 is 1.14 bits per heavy atom. The topological polar surface area (TPSA) is 18.5 Å². The van der Waals surface area contributed by atoms with Gasteiger partial charge in [-0.15, -0.1) is 0 Å². The minimum absolute atomic E-state index is 0.472. The van der Waals surface area contributed by atoms with Crippen LogP contribution in [0.3, 0.4) is 0 Å². The van der Waals surface area contributed by atoms with E-state index in [2.05, 4.69) is 60.5 Å². The van der Waals surface area contributed by atoms with Crippen molar-refractivity contribution in [3.05, 3.63) is 35.4 Å². The van der Waals surface area contributed by atoms with Crippen molar-refractivity contribution in [3.63, 3.8) is 0 Å². The van der Waals surface area contributed by atoms with Gasteiger partial charge in [0.2, 0.25) is 0 Å². The fourth-order valence-electron chi connectivity index (χ4n) is 4.20. The van der Waals surface area contributed by atoms with Crippen molar-refractivity contribution in [3.8, 4) is 0 Å². The summed E-state index contributed by atoms with van der Waals surface area (Å²) in [6.45, 7) is 2.48. The van der Waals surface area contributed by atoms with Crippen LogP contribution in [0.4, 0.5) is 0 Å². The molecule has 1 N–H and O–H groups in total. The van der Waals surface area contributed by atoms with Gasteiger partial charge >= 0.3 is 0 Å². The molecule has 3 rings (SSSR count). The lowest BCUT2D eigenvalue weighted by molar-refractivity contribution is 0.0806. The first-order valence-corrected chi connectivity index (χ1v) is 8.36. The van der Waals surface area contributed by atoms with Crippen molar-refractivity contribution < 1.29 is 0 Å². The molecule has 1 saturated heterocycles. The molecule has 3 heteroatoms. The summed E-state index contributed by atoms with van der Waals surface area (Å²) in [6.07, 6.45) is 5.10. The average Bonchev–Trinajstić information content (AvgIpc) is 2.53. The predicted molar refractivity (Wildman–Crippen MR) is 88.6 cm³/mol. The highest BCUT2D eigenvalue weighted by Crippen LogP contribution is 2.34. The Balaban J connectivity index is 1.76. The molecule has 1 aromatic rings. The second-order valence-electron chi connectivity index (χ2n) is 6.77. The molecule has 2 atom stereocenters. The first-order valence-electron chi connectivity index (χ1n) is 8.36. The van der Waals surface area contributed by atoms with Crippen LogP contribution in [0.15, 0.2) is 24.3 Å². The maximum atomic E-state index is 3.59. The number of rotatable bonds is 3. The van der Waals surface area contributed by atoms with Crippen LogP contribution in [-0.2, 0) is 6.42 Å². The molecule has 1 fully saturated rings. The van der Waals surface area contributed by atoms with E-state index >= 15 is 0 Å². The SMILES string of the molecule is CNC1c2ccccc2CCC1N(C)C1CCN(C)CC1. The van der Waals surface area contributed by atoms with Crippen LogP contribution < -0.4 is 5.32 Å². The predicted octanol–water partition coefficient (Wildman–Crippen LogP) is 2.29. The van der Waals surface area contributed by atoms with Crippen LogP contribution in [-0.4, -0.2) is 56.1 Å². The zero-order chi connectivity index (χ0) is 14.8. The van der Waals surface area contributed by atoms with Gasteiger partial charge in [-0.2, -0.15) is 0 Å². The lowest BCUT2D eigenvalue weighted by atomic mass is 9.82. The molecule has 0 amide bonds. The Morgan fingerprint density at radius 2 is 1.86 bits per heavy atom. The minimum Gasteiger partial charge on any atom is -0.312 e. The summed E-state index contributed by atoms with van der Waals surface area (Å²) in [4.78, 5) is 5.13. The van der Waals surface area contributed by atoms with E-state index in [9.17, 15) is 0 Å². The Kier molecular flexibility index (Phi) is 4.63. The molecule has 2 aliphatic rings. The molecule has 0 bridgehead atoms. The third-order valence-corrected chi connectivity index (χ3v) is 5.58. The number of likely N-dealkylation sites (N-methyl/N-ethyl adjacent to an activating group) is 2. The van der Waals surface area contributed by atoms with Gasteiger partial charge in [-0.3, -0.25) is 4.90 Å². The van der Waals surface area contributed by atoms with Gasteiger partial charge in [-0.05, 0) is 71.0 Å². The van der Waals surface area contributed by atoms with Gasteiger partial charge in [0.1, 0.15) is 0 Å². The highest BCUT2D eigenvalue weighted by molar-refractivity contribution is 5.34. The molecule has 116 valence electrons. The summed E-state index contributed by atoms with van der Waals surface area (Å²) in [5.74, 6) is 0. The van der Waals surface area contributed by atoms with Crippen LogP contribution in [0, 0.1) is 0 Å². The monoisotopic (exact) mass is 287 g/mol. The molecule has 2 unspecified atom stereocenters. The Morgan fingerprint density at radius 3 is 2.57 bits per heavy atom. The molecule has 1 aliphatic carbocycles. The standard InChI is InChI=1S/C18H29N3/c1-19-18-16-7-5-4-6-14(16)8-9-17(18)21(3)15-10-12-20(2)13-11-15/h4-7,15,17-19H,8-13H2,1-3H3. The molecular formula is C18H29N3. The Hall–Kier alpha value is -0.900. The quantitative estimate of drug-likeness (QED) is 0.920. The van der Waals surface area contributed by atoms with Gasteiger partial charge in [-0.25, -0.2) is 0 Å². The number of hydrogen-bond donors (Lipinski definition) is 1. The fraction of sp³-hybridized carbons (Fsp3) is 0.667. The van der Waals surface area contributed by atoms with E-state index in [4.69, 9.17) is 0 Å². The lowest BCUT2D eigenvalue weighted by Gasteiger charge is -2.44. The Labute approximate surface area is 129 Å². The van der Waals surface area contributed by atoms with E-state index in [-0.39, 0.29) is 0 Å². The van der Waals surface area contributed by atoms with Crippen molar-refractivity contribution in [1.29, 1.82) is 0 Å². The minimum atomic E-state index is 0.472. The zero-order valence-corrected chi connectivity index (χ0v) is 13.7. The van der Waals surface area contributed by atoms with Crippen LogP contribution in [0.1, 0.15) is 36.4 Å². The molecule has 1 aromatic carbocycles. The van der Waals surface area contributed by atoms with Gasteiger partial charge in [0.05, 0.1) is 0 Å². The van der Waals surface area contributed by atoms with E-state index in [1.165, 1.54) is 49.9 Å². The molecule has 0 saturated carbocycles. The van der Waals surface area contributed by atoms with Crippen molar-refractivity contribution in [2.75, 3.05) is 34.2 Å². The van der Waals surface area contributed by atoms with E-state index in [0.29, 0.717) is 12.1 Å². The van der Waals surface area contributed by atoms with E-state index < -0.39 is 0 Å². The van der Waals surface area contributed by atoms with Gasteiger partial charge < -0.3 is 10.2 Å². The number of benzene rings is 1. The number of aryl methyl sites for hydroxylation is 1. The summed E-state index contributed by atoms with van der Waals surface area (Å²) in [6, 6.07) is 10.8. The summed E-state index contributed by atoms with van der Waals surface area (Å²) in [7, 11) is 6.70. The van der Waals surface area contributed by atoms with Gasteiger partial charge in [-0.1, -0.05) is 24.3 Å². The third-order valence-electron chi connectivity index (χ3n) is 5.58. The third kappa shape index (κ3) is 3.01. The van der Waals surface area contributed by atoms with E-state index in [1.54, 1.807) is 0 Å². The number of piperidine rings is 1. The summed E-state index contributed by atoms with van der Waals surface area (Å²) >= 11 is 0. The molecule has 1 aliphatic heterocycles. The molecule has 21 heavy (non-hydrogen) atoms. The molecule has 1 heterocycles. The molecular weight excluding hydrogens is 258 g/mol. The highest BCUT2D eigenvalue weighted by atomic mass is 15.2. The first-order chi connectivity index (χ1) is 10.2. The highest BCUT2D eigenvalue weighted by Gasteiger charge is 2.34. The smallest absolute Gasteiger partial charge is 0.0478 e. The summed E-state index contributed by atoms with van der Waals surface area (Å²) in [5.41, 5.74) is 3.04. The normalized spacial score (nSPS) is 27.8. The molecule has 0 radical (unpaired) electrons. The number of nitrogens with one attached hydrogen (secondary N) is 1. The van der Waals surface area contributed by atoms with Crippen LogP contribution >= 0.6 is 0 Å². The van der Waals surface area contributed by atoms with Crippen molar-refractivity contribution in [2.45, 2.75) is 43.8 Å². The number of fused-ring (bicyclic) bond motifs is 1. The number of nitrogens with zero attached hydrogens (tertiary/aromatic N) is 2. The molecule has 0 aromatic heterocycles. The molecule has 0 spiro atoms. The lowest BCUT2D eigenvalue weighted by Crippen LogP contribution is -2.51. The number of hydrogen-bond acceptors (Lipinski definition) is 3. The van der Waals surface area contributed by atoms with Gasteiger partial charge in [0, 0.05) is 18.1 Å². The van der Waals surface area contributed by atoms with Crippen LogP contribution in [0.2, 0.25) is 0 Å². The summed E-state index contributed by atoms with van der Waals surface area (Å²) in [5, 5.41) is 3.59. The zero-order valence-electron chi connectivity index (χ0n) is 13.7. The maximum Gasteiger partial charge on any atom is 0.0478 e. The largest absolute Gasteiger partial charge is 0.312 e. The number of likely N-dealkylation sites (tertiary alicyclic amines) is 1. The van der Waals surface area contributed by atoms with Gasteiger partial charge in [0.25, 0.3) is 0 Å². The van der Waals surface area contributed by atoms with Crippen molar-refractivity contribution in [1.82, 2.24) is 15.1 Å². The second kappa shape index (κ2) is 6.47. The van der Waals surface area contributed by atoms with Crippen molar-refractivity contribution >= 4 is 0 Å².